The molecule has 0 heterocycles. The molecule has 2 atom stereocenters. The predicted molar refractivity (Wildman–Crippen MR) is 87.7 cm³/mol. The van der Waals surface area contributed by atoms with E-state index < -0.39 is 5.60 Å². The third-order valence-corrected chi connectivity index (χ3v) is 4.11. The van der Waals surface area contributed by atoms with Crippen molar-refractivity contribution in [2.75, 3.05) is 12.9 Å². The number of ether oxygens (including phenoxy) is 2. The first-order valence-corrected chi connectivity index (χ1v) is 8.01. The molecule has 5 heteroatoms. The summed E-state index contributed by atoms with van der Waals surface area (Å²) < 4.78 is 10.4. The van der Waals surface area contributed by atoms with Crippen molar-refractivity contribution in [2.45, 2.75) is 44.6 Å². The van der Waals surface area contributed by atoms with E-state index in [9.17, 15) is 4.79 Å². The fourth-order valence-electron chi connectivity index (χ4n) is 1.77. The van der Waals surface area contributed by atoms with Gasteiger partial charge in [0.25, 0.3) is 0 Å². The van der Waals surface area contributed by atoms with Crippen LogP contribution in [0.5, 0.6) is 5.75 Å². The molecule has 21 heavy (non-hydrogen) atoms. The number of methoxy groups -OCH3 is 1. The fourth-order valence-corrected chi connectivity index (χ4v) is 2.59. The third-order valence-electron chi connectivity index (χ3n) is 2.89. The van der Waals surface area contributed by atoms with Crippen molar-refractivity contribution < 1.29 is 14.3 Å². The van der Waals surface area contributed by atoms with E-state index in [0.29, 0.717) is 5.75 Å². The highest BCUT2D eigenvalue weighted by atomic mass is 32.2. The van der Waals surface area contributed by atoms with Gasteiger partial charge < -0.3 is 15.2 Å². The number of thioether (sulfide) groups is 1. The number of benzene rings is 1. The Morgan fingerprint density at radius 3 is 2.33 bits per heavy atom. The summed E-state index contributed by atoms with van der Waals surface area (Å²) in [5.74, 6) is 0.906. The Kier molecular flexibility index (Phi) is 6.55. The number of rotatable bonds is 6. The summed E-state index contributed by atoms with van der Waals surface area (Å²) in [6.07, 6.45) is 0. The van der Waals surface area contributed by atoms with Crippen LogP contribution >= 0.6 is 11.8 Å². The Bertz CT molecular complexity index is 454. The minimum atomic E-state index is -0.445. The van der Waals surface area contributed by atoms with Gasteiger partial charge in [-0.25, -0.2) is 0 Å². The monoisotopic (exact) mass is 311 g/mol. The van der Waals surface area contributed by atoms with Gasteiger partial charge in [-0.2, -0.15) is 0 Å². The molecule has 0 fully saturated rings. The van der Waals surface area contributed by atoms with Gasteiger partial charge in [0, 0.05) is 11.3 Å². The van der Waals surface area contributed by atoms with E-state index in [1.807, 2.05) is 52.0 Å². The zero-order valence-electron chi connectivity index (χ0n) is 13.4. The molecule has 0 spiro atoms. The lowest BCUT2D eigenvalue weighted by atomic mass is 10.1. The molecule has 0 aliphatic carbocycles. The molecule has 1 rings (SSSR count). The van der Waals surface area contributed by atoms with Crippen LogP contribution in [0.4, 0.5) is 0 Å². The van der Waals surface area contributed by atoms with E-state index in [1.54, 1.807) is 7.11 Å². The molecule has 0 radical (unpaired) electrons. The maximum atomic E-state index is 11.7. The van der Waals surface area contributed by atoms with Crippen molar-refractivity contribution in [2.24, 2.45) is 5.73 Å². The summed E-state index contributed by atoms with van der Waals surface area (Å²) in [5, 5.41) is 0.117. The molecule has 0 saturated carbocycles. The van der Waals surface area contributed by atoms with Gasteiger partial charge in [0.15, 0.2) is 0 Å². The summed E-state index contributed by atoms with van der Waals surface area (Å²) >= 11 is 1.51. The van der Waals surface area contributed by atoms with Crippen LogP contribution in [0, 0.1) is 0 Å². The minimum Gasteiger partial charge on any atom is -0.497 e. The first-order chi connectivity index (χ1) is 9.73. The Morgan fingerprint density at radius 2 is 1.86 bits per heavy atom. The van der Waals surface area contributed by atoms with E-state index >= 15 is 0 Å². The highest BCUT2D eigenvalue weighted by molar-refractivity contribution is 8.00. The van der Waals surface area contributed by atoms with Crippen LogP contribution in [-0.4, -0.2) is 29.7 Å². The average molecular weight is 311 g/mol. The zero-order valence-corrected chi connectivity index (χ0v) is 14.2. The number of carbonyl (C=O) groups is 1. The van der Waals surface area contributed by atoms with Gasteiger partial charge in [0.2, 0.25) is 0 Å². The number of nitrogens with two attached hydrogens (primary N) is 1. The first kappa shape index (κ1) is 17.9. The molecule has 1 aromatic carbocycles. The summed E-state index contributed by atoms with van der Waals surface area (Å²) in [6.45, 7) is 7.61. The van der Waals surface area contributed by atoms with Gasteiger partial charge in [-0.05, 0) is 38.5 Å². The van der Waals surface area contributed by atoms with Gasteiger partial charge in [-0.3, -0.25) is 4.79 Å². The maximum absolute atomic E-state index is 11.7. The lowest BCUT2D eigenvalue weighted by molar-refractivity contribution is -0.151. The van der Waals surface area contributed by atoms with Crippen molar-refractivity contribution in [3.05, 3.63) is 29.8 Å². The van der Waals surface area contributed by atoms with Crippen LogP contribution in [0.3, 0.4) is 0 Å². The highest BCUT2D eigenvalue weighted by Crippen LogP contribution is 2.26. The SMILES string of the molecule is COc1ccc(C(N)C(C)SCC(=O)OC(C)(C)C)cc1. The molecule has 0 bridgehead atoms. The van der Waals surface area contributed by atoms with Crippen LogP contribution in [-0.2, 0) is 9.53 Å². The lowest BCUT2D eigenvalue weighted by Crippen LogP contribution is -2.27. The Hall–Kier alpha value is -1.20. The topological polar surface area (TPSA) is 61.5 Å². The largest absolute Gasteiger partial charge is 0.497 e. The van der Waals surface area contributed by atoms with Gasteiger partial charge in [-0.15, -0.1) is 11.8 Å². The average Bonchev–Trinajstić information content (AvgIpc) is 2.42. The molecule has 4 nitrogen and oxygen atoms in total. The smallest absolute Gasteiger partial charge is 0.316 e. The second-order valence-electron chi connectivity index (χ2n) is 5.90. The van der Waals surface area contributed by atoms with Crippen molar-refractivity contribution in [3.63, 3.8) is 0 Å². The van der Waals surface area contributed by atoms with E-state index in [1.165, 1.54) is 11.8 Å². The summed E-state index contributed by atoms with van der Waals surface area (Å²) in [5.41, 5.74) is 6.81. The number of hydrogen-bond acceptors (Lipinski definition) is 5. The van der Waals surface area contributed by atoms with Gasteiger partial charge in [0.1, 0.15) is 11.4 Å². The van der Waals surface area contributed by atoms with E-state index in [0.717, 1.165) is 11.3 Å². The molecule has 0 amide bonds. The molecular formula is C16H25NO3S. The van der Waals surface area contributed by atoms with E-state index in [2.05, 4.69) is 0 Å². The molecule has 2 unspecified atom stereocenters. The normalized spacial score (nSPS) is 14.4. The van der Waals surface area contributed by atoms with Crippen molar-refractivity contribution in [1.82, 2.24) is 0 Å². The lowest BCUT2D eigenvalue weighted by Gasteiger charge is -2.22. The molecule has 2 N–H and O–H groups in total. The standard InChI is InChI=1S/C16H25NO3S/c1-11(21-10-14(18)20-16(2,3)4)15(17)12-6-8-13(19-5)9-7-12/h6-9,11,15H,10,17H2,1-5H3. The maximum Gasteiger partial charge on any atom is 0.316 e. The Labute approximate surface area is 131 Å². The quantitative estimate of drug-likeness (QED) is 0.818. The fraction of sp³-hybridized carbons (Fsp3) is 0.562. The number of carbonyl (C=O) groups excluding carboxylic acids is 1. The van der Waals surface area contributed by atoms with E-state index in [4.69, 9.17) is 15.2 Å². The van der Waals surface area contributed by atoms with Gasteiger partial charge in [-0.1, -0.05) is 19.1 Å². The predicted octanol–water partition coefficient (Wildman–Crippen LogP) is 3.16. The number of esters is 1. The molecule has 0 aliphatic rings. The van der Waals surface area contributed by atoms with Crippen LogP contribution in [0.15, 0.2) is 24.3 Å². The molecule has 118 valence electrons. The summed E-state index contributed by atoms with van der Waals surface area (Å²) in [7, 11) is 1.63. The van der Waals surface area contributed by atoms with Gasteiger partial charge >= 0.3 is 5.97 Å². The first-order valence-electron chi connectivity index (χ1n) is 6.96. The van der Waals surface area contributed by atoms with Crippen molar-refractivity contribution in [3.8, 4) is 5.75 Å². The molecule has 0 aliphatic heterocycles. The highest BCUT2D eigenvalue weighted by Gasteiger charge is 2.20. The van der Waals surface area contributed by atoms with Crippen LogP contribution in [0.1, 0.15) is 39.3 Å². The van der Waals surface area contributed by atoms with Crippen LogP contribution < -0.4 is 10.5 Å². The molecular weight excluding hydrogens is 286 g/mol. The van der Waals surface area contributed by atoms with E-state index in [-0.39, 0.29) is 17.3 Å². The second kappa shape index (κ2) is 7.71. The summed E-state index contributed by atoms with van der Waals surface area (Å²) in [4.78, 5) is 11.7. The molecule has 0 aromatic heterocycles. The van der Waals surface area contributed by atoms with Crippen molar-refractivity contribution >= 4 is 17.7 Å². The van der Waals surface area contributed by atoms with Gasteiger partial charge in [0.05, 0.1) is 12.9 Å². The third kappa shape index (κ3) is 6.40. The number of hydrogen-bond donors (Lipinski definition) is 1. The van der Waals surface area contributed by atoms with Crippen LogP contribution in [0.25, 0.3) is 0 Å². The second-order valence-corrected chi connectivity index (χ2v) is 7.27. The minimum absolute atomic E-state index is 0.117. The summed E-state index contributed by atoms with van der Waals surface area (Å²) in [6, 6.07) is 7.55. The molecule has 0 saturated heterocycles. The Morgan fingerprint density at radius 1 is 1.29 bits per heavy atom. The zero-order chi connectivity index (χ0) is 16.0. The van der Waals surface area contributed by atoms with Crippen molar-refractivity contribution in [1.29, 1.82) is 0 Å². The van der Waals surface area contributed by atoms with Crippen LogP contribution in [0.2, 0.25) is 0 Å². The Balaban J connectivity index is 2.50. The molecule has 1 aromatic rings.